The first-order valence-corrected chi connectivity index (χ1v) is 11.1. The summed E-state index contributed by atoms with van der Waals surface area (Å²) in [5, 5.41) is 8.98. The summed E-state index contributed by atoms with van der Waals surface area (Å²) in [4.78, 5) is 0. The van der Waals surface area contributed by atoms with Gasteiger partial charge >= 0.3 is 0 Å². The molecule has 0 aliphatic carbocycles. The predicted octanol–water partition coefficient (Wildman–Crippen LogP) is 8.28. The van der Waals surface area contributed by atoms with Gasteiger partial charge < -0.3 is 17.8 Å². The second-order valence-electron chi connectivity index (χ2n) is 8.12. The fraction of sp³-hybridized carbons (Fsp3) is 0.957. The van der Waals surface area contributed by atoms with Crippen LogP contribution in [0.3, 0.4) is 0 Å². The molecule has 2 nitrogen and oxygen atoms in total. The second kappa shape index (κ2) is 26.0. The average molecular weight is 445 g/mol. The van der Waals surface area contributed by atoms with Crippen LogP contribution in [-0.2, 0) is 32.7 Å². The molecule has 1 radical (unpaired) electrons. The Balaban J connectivity index is -0.000000561. The Morgan fingerprint density at radius 1 is 0.692 bits per heavy atom. The van der Waals surface area contributed by atoms with Crippen LogP contribution in [0.4, 0.5) is 0 Å². The first-order valence-electron chi connectivity index (χ1n) is 11.1. The van der Waals surface area contributed by atoms with Gasteiger partial charge in [-0.1, -0.05) is 110 Å². The van der Waals surface area contributed by atoms with Crippen molar-refractivity contribution in [3.8, 4) is 0 Å². The zero-order chi connectivity index (χ0) is 19.2. The summed E-state index contributed by atoms with van der Waals surface area (Å²) in [6.07, 6.45) is 22.6. The molecule has 0 rings (SSSR count). The molecule has 0 aromatic heterocycles. The van der Waals surface area contributed by atoms with E-state index in [-0.39, 0.29) is 32.7 Å². The second-order valence-corrected chi connectivity index (χ2v) is 8.12. The van der Waals surface area contributed by atoms with Crippen molar-refractivity contribution in [3.63, 3.8) is 0 Å². The number of hydrogen-bond acceptors (Lipinski definition) is 1. The third kappa shape index (κ3) is 36.0. The molecule has 0 spiro atoms. The van der Waals surface area contributed by atoms with Crippen LogP contribution in [0, 0.1) is 6.92 Å². The Bertz CT molecular complexity index is 213. The third-order valence-electron chi connectivity index (χ3n) is 4.57. The minimum atomic E-state index is -0.512. The quantitative estimate of drug-likeness (QED) is 0.178. The molecule has 0 aromatic carbocycles. The normalized spacial score (nSPS) is 10.8. The van der Waals surface area contributed by atoms with E-state index in [2.05, 4.69) is 13.8 Å². The van der Waals surface area contributed by atoms with E-state index in [1.54, 1.807) is 13.8 Å². The fourth-order valence-corrected chi connectivity index (χ4v) is 2.93. The van der Waals surface area contributed by atoms with Gasteiger partial charge in [0.2, 0.25) is 0 Å². The molecule has 26 heavy (non-hydrogen) atoms. The van der Waals surface area contributed by atoms with E-state index in [1.807, 2.05) is 0 Å². The topological polar surface area (TPSA) is 44.0 Å². The minimum Gasteiger partial charge on any atom is -0.677 e. The average Bonchev–Trinajstić information content (AvgIpc) is 2.55. The van der Waals surface area contributed by atoms with Gasteiger partial charge in [-0.25, -0.2) is 0 Å². The maximum absolute atomic E-state index is 8.98. The van der Waals surface area contributed by atoms with Crippen LogP contribution in [0.2, 0.25) is 0 Å². The summed E-state index contributed by atoms with van der Waals surface area (Å²) in [5.41, 5.74) is 6.55. The predicted molar refractivity (Wildman–Crippen MR) is 115 cm³/mol. The molecular formula is C23H49NOY-2. The van der Waals surface area contributed by atoms with Gasteiger partial charge in [0.15, 0.2) is 0 Å². The van der Waals surface area contributed by atoms with Crippen molar-refractivity contribution in [2.45, 2.75) is 136 Å². The minimum absolute atomic E-state index is 0. The van der Waals surface area contributed by atoms with Gasteiger partial charge in [0.05, 0.1) is 5.60 Å². The molecule has 0 atom stereocenters. The summed E-state index contributed by atoms with van der Waals surface area (Å²) < 4.78 is 0. The van der Waals surface area contributed by atoms with Crippen molar-refractivity contribution in [1.29, 1.82) is 0 Å². The van der Waals surface area contributed by atoms with E-state index in [0.717, 1.165) is 19.3 Å². The number of nitrogens with one attached hydrogen (secondary N) is 1. The van der Waals surface area contributed by atoms with Crippen LogP contribution in [-0.4, -0.2) is 17.3 Å². The van der Waals surface area contributed by atoms with Crippen molar-refractivity contribution < 1.29 is 37.8 Å². The van der Waals surface area contributed by atoms with Crippen molar-refractivity contribution in [3.05, 3.63) is 12.7 Å². The SMILES string of the molecule is CCCCCCCCCCCCCCCCC[NH-].[CH2-]CCC(C)(C)O.[Y]. The van der Waals surface area contributed by atoms with E-state index in [4.69, 9.17) is 10.8 Å². The molecule has 0 aliphatic heterocycles. The monoisotopic (exact) mass is 444 g/mol. The van der Waals surface area contributed by atoms with Gasteiger partial charge in [-0.15, -0.1) is 0 Å². The van der Waals surface area contributed by atoms with E-state index < -0.39 is 5.60 Å². The molecule has 0 saturated carbocycles. The Morgan fingerprint density at radius 2 is 1.00 bits per heavy atom. The van der Waals surface area contributed by atoms with Crippen LogP contribution in [0.1, 0.15) is 130 Å². The molecule has 2 N–H and O–H groups in total. The molecule has 0 heterocycles. The molecule has 0 bridgehead atoms. The van der Waals surface area contributed by atoms with Gasteiger partial charge in [-0.05, 0) is 13.8 Å². The van der Waals surface area contributed by atoms with Crippen LogP contribution in [0.25, 0.3) is 5.73 Å². The van der Waals surface area contributed by atoms with Gasteiger partial charge in [-0.3, -0.25) is 0 Å². The Kier molecular flexibility index (Phi) is 31.7. The standard InChI is InChI=1S/C17H36N.C6H13O.Y/c1-2-3-4-5-6-7-8-9-10-11-12-13-14-15-16-17-18;1-4-5-6(2,3)7;/h18H,2-17H2,1H3;7H,1,4-5H2,2-3H3;/q2*-1;. The smallest absolute Gasteiger partial charge is 0.0567 e. The largest absolute Gasteiger partial charge is 0.677 e. The maximum Gasteiger partial charge on any atom is 0.0567 e. The Morgan fingerprint density at radius 3 is 1.19 bits per heavy atom. The number of aliphatic hydroxyl groups is 1. The van der Waals surface area contributed by atoms with Crippen LogP contribution in [0.5, 0.6) is 0 Å². The van der Waals surface area contributed by atoms with Crippen LogP contribution >= 0.6 is 0 Å². The van der Waals surface area contributed by atoms with Crippen molar-refractivity contribution in [2.75, 3.05) is 6.54 Å². The van der Waals surface area contributed by atoms with Crippen molar-refractivity contribution in [1.82, 2.24) is 0 Å². The number of hydrogen-bond donors (Lipinski definition) is 1. The molecule has 0 aromatic rings. The van der Waals surface area contributed by atoms with Gasteiger partial charge in [-0.2, -0.15) is 13.0 Å². The molecule has 0 aliphatic rings. The first-order chi connectivity index (χ1) is 12.0. The van der Waals surface area contributed by atoms with Gasteiger partial charge in [0.1, 0.15) is 0 Å². The van der Waals surface area contributed by atoms with Crippen molar-refractivity contribution >= 4 is 0 Å². The Labute approximate surface area is 191 Å². The van der Waals surface area contributed by atoms with Crippen LogP contribution < -0.4 is 0 Å². The maximum atomic E-state index is 8.98. The number of unbranched alkanes of at least 4 members (excludes halogenated alkanes) is 14. The van der Waals surface area contributed by atoms with E-state index in [0.29, 0.717) is 6.54 Å². The Hall–Kier alpha value is 1.02. The summed E-state index contributed by atoms with van der Waals surface area (Å²) >= 11 is 0. The summed E-state index contributed by atoms with van der Waals surface area (Å²) in [6.45, 7) is 10.1. The molecular weight excluding hydrogens is 395 g/mol. The zero-order valence-electron chi connectivity index (χ0n) is 18.5. The summed E-state index contributed by atoms with van der Waals surface area (Å²) in [5.74, 6) is 0. The zero-order valence-corrected chi connectivity index (χ0v) is 21.3. The van der Waals surface area contributed by atoms with Gasteiger partial charge in [0, 0.05) is 32.7 Å². The molecule has 0 amide bonds. The summed E-state index contributed by atoms with van der Waals surface area (Å²) in [7, 11) is 0. The summed E-state index contributed by atoms with van der Waals surface area (Å²) in [6, 6.07) is 0. The molecule has 0 saturated heterocycles. The van der Waals surface area contributed by atoms with E-state index in [9.17, 15) is 0 Å². The van der Waals surface area contributed by atoms with Gasteiger partial charge in [0.25, 0.3) is 0 Å². The molecule has 0 unspecified atom stereocenters. The fourth-order valence-electron chi connectivity index (χ4n) is 2.93. The van der Waals surface area contributed by atoms with Crippen molar-refractivity contribution in [2.24, 2.45) is 0 Å². The third-order valence-corrected chi connectivity index (χ3v) is 4.57. The molecule has 3 heteroatoms. The first kappa shape index (κ1) is 31.7. The number of rotatable bonds is 17. The van der Waals surface area contributed by atoms with E-state index >= 15 is 0 Å². The molecule has 157 valence electrons. The molecule has 0 fully saturated rings. The van der Waals surface area contributed by atoms with Crippen LogP contribution in [0.15, 0.2) is 0 Å². The van der Waals surface area contributed by atoms with E-state index in [1.165, 1.54) is 89.9 Å².